The van der Waals surface area contributed by atoms with Crippen LogP contribution in [0.5, 0.6) is 0 Å². The summed E-state index contributed by atoms with van der Waals surface area (Å²) >= 11 is 1.35. The van der Waals surface area contributed by atoms with E-state index in [1.54, 1.807) is 6.92 Å². The Morgan fingerprint density at radius 3 is 2.61 bits per heavy atom. The predicted molar refractivity (Wildman–Crippen MR) is 71.4 cm³/mol. The van der Waals surface area contributed by atoms with Crippen molar-refractivity contribution in [1.29, 1.82) is 0 Å². The lowest BCUT2D eigenvalue weighted by Gasteiger charge is -2.15. The summed E-state index contributed by atoms with van der Waals surface area (Å²) in [5.41, 5.74) is 5.75. The molecule has 0 aliphatic heterocycles. The third-order valence-corrected chi connectivity index (χ3v) is 3.67. The minimum Gasteiger partial charge on any atom is -0.465 e. The highest BCUT2D eigenvalue weighted by atomic mass is 32.2. The number of rotatable bonds is 6. The van der Waals surface area contributed by atoms with Crippen molar-refractivity contribution < 1.29 is 9.53 Å². The first kappa shape index (κ1) is 14.8. The van der Waals surface area contributed by atoms with Gasteiger partial charge in [-0.2, -0.15) is 0 Å². The molecular formula is C11H20N4O2S. The van der Waals surface area contributed by atoms with Gasteiger partial charge in [0.15, 0.2) is 5.16 Å². The van der Waals surface area contributed by atoms with E-state index in [-0.39, 0.29) is 17.3 Å². The van der Waals surface area contributed by atoms with Crippen LogP contribution in [-0.4, -0.2) is 32.6 Å². The van der Waals surface area contributed by atoms with E-state index < -0.39 is 0 Å². The molecule has 6 nitrogen and oxygen atoms in total. The molecule has 0 spiro atoms. The number of hydrogen-bond acceptors (Lipinski definition) is 6. The fourth-order valence-corrected chi connectivity index (χ4v) is 2.61. The van der Waals surface area contributed by atoms with Gasteiger partial charge in [0, 0.05) is 6.04 Å². The van der Waals surface area contributed by atoms with E-state index in [9.17, 15) is 4.79 Å². The van der Waals surface area contributed by atoms with E-state index in [2.05, 4.69) is 10.2 Å². The number of aromatic nitrogens is 3. The lowest BCUT2D eigenvalue weighted by atomic mass is 10.3. The zero-order valence-electron chi connectivity index (χ0n) is 11.2. The van der Waals surface area contributed by atoms with E-state index in [1.807, 2.05) is 25.3 Å². The molecule has 1 aromatic heterocycles. The first-order valence-electron chi connectivity index (χ1n) is 6.04. The van der Waals surface area contributed by atoms with Gasteiger partial charge >= 0.3 is 5.97 Å². The number of nitrogen functional groups attached to an aromatic ring is 1. The topological polar surface area (TPSA) is 83.0 Å². The highest BCUT2D eigenvalue weighted by molar-refractivity contribution is 8.00. The number of nitrogens with zero attached hydrogens (tertiary/aromatic N) is 3. The molecular weight excluding hydrogens is 252 g/mol. The van der Waals surface area contributed by atoms with E-state index >= 15 is 0 Å². The Morgan fingerprint density at radius 1 is 1.44 bits per heavy atom. The highest BCUT2D eigenvalue weighted by Gasteiger charge is 2.23. The van der Waals surface area contributed by atoms with Crippen LogP contribution in [0.25, 0.3) is 0 Å². The van der Waals surface area contributed by atoms with Gasteiger partial charge in [-0.25, -0.2) is 0 Å². The van der Waals surface area contributed by atoms with Crippen LogP contribution in [0.2, 0.25) is 0 Å². The minimum absolute atomic E-state index is 0.155. The maximum atomic E-state index is 11.7. The molecule has 18 heavy (non-hydrogen) atoms. The van der Waals surface area contributed by atoms with Gasteiger partial charge < -0.3 is 10.5 Å². The van der Waals surface area contributed by atoms with Crippen molar-refractivity contribution in [2.24, 2.45) is 0 Å². The number of esters is 1. The number of carbonyl (C=O) groups excluding carboxylic acids is 1. The van der Waals surface area contributed by atoms with Crippen molar-refractivity contribution in [1.82, 2.24) is 14.8 Å². The molecule has 0 amide bonds. The summed E-state index contributed by atoms with van der Waals surface area (Å²) in [6, 6.07) is 0.155. The van der Waals surface area contributed by atoms with Crippen molar-refractivity contribution >= 4 is 23.7 Å². The summed E-state index contributed by atoms with van der Waals surface area (Å²) in [5.74, 6) is 0.146. The Hall–Kier alpha value is -1.24. The number of ether oxygens (including phenoxy) is 1. The molecule has 0 aliphatic rings. The fraction of sp³-hybridized carbons (Fsp3) is 0.727. The molecule has 0 aliphatic carbocycles. The Kier molecular flexibility index (Phi) is 5.46. The molecule has 7 heteroatoms. The lowest BCUT2D eigenvalue weighted by molar-refractivity contribution is -0.142. The summed E-state index contributed by atoms with van der Waals surface area (Å²) in [6.07, 6.45) is 0.675. The van der Waals surface area contributed by atoms with Gasteiger partial charge in [0.05, 0.1) is 6.61 Å². The van der Waals surface area contributed by atoms with E-state index in [0.717, 1.165) is 0 Å². The molecule has 2 N–H and O–H groups in total. The second-order valence-electron chi connectivity index (χ2n) is 4.07. The number of nitrogens with two attached hydrogens (primary N) is 1. The molecule has 0 aromatic carbocycles. The fourth-order valence-electron chi connectivity index (χ4n) is 1.51. The van der Waals surface area contributed by atoms with Crippen LogP contribution in [0.4, 0.5) is 5.95 Å². The van der Waals surface area contributed by atoms with Crippen LogP contribution in [0, 0.1) is 0 Å². The smallest absolute Gasteiger partial charge is 0.319 e. The summed E-state index contributed by atoms with van der Waals surface area (Å²) in [5, 5.41) is 8.24. The molecule has 1 heterocycles. The molecule has 1 rings (SSSR count). The van der Waals surface area contributed by atoms with Crippen molar-refractivity contribution in [2.45, 2.75) is 50.6 Å². The molecule has 0 bridgehead atoms. The normalized spacial score (nSPS) is 12.7. The first-order chi connectivity index (χ1) is 8.51. The maximum Gasteiger partial charge on any atom is 0.319 e. The van der Waals surface area contributed by atoms with Gasteiger partial charge in [-0.1, -0.05) is 18.7 Å². The Morgan fingerprint density at radius 2 is 2.11 bits per heavy atom. The SMILES string of the molecule is CCOC(=O)C(CC)Sc1nnc(N)n1C(C)C. The van der Waals surface area contributed by atoms with Crippen molar-refractivity contribution in [3.8, 4) is 0 Å². The number of hydrogen-bond donors (Lipinski definition) is 1. The van der Waals surface area contributed by atoms with Gasteiger partial charge in [0.2, 0.25) is 5.95 Å². The average Bonchev–Trinajstić information content (AvgIpc) is 2.67. The lowest BCUT2D eigenvalue weighted by Crippen LogP contribution is -2.20. The summed E-state index contributed by atoms with van der Waals surface area (Å²) < 4.78 is 6.84. The van der Waals surface area contributed by atoms with Crippen LogP contribution in [0.15, 0.2) is 5.16 Å². The Labute approximate surface area is 111 Å². The zero-order valence-corrected chi connectivity index (χ0v) is 12.0. The largest absolute Gasteiger partial charge is 0.465 e. The zero-order chi connectivity index (χ0) is 13.7. The van der Waals surface area contributed by atoms with E-state index in [0.29, 0.717) is 24.1 Å². The second kappa shape index (κ2) is 6.63. The van der Waals surface area contributed by atoms with Gasteiger partial charge in [0.1, 0.15) is 5.25 Å². The average molecular weight is 272 g/mol. The van der Waals surface area contributed by atoms with Gasteiger partial charge in [0.25, 0.3) is 0 Å². The predicted octanol–water partition coefficient (Wildman–Crippen LogP) is 1.87. The van der Waals surface area contributed by atoms with Gasteiger partial charge in [-0.3, -0.25) is 9.36 Å². The molecule has 0 saturated heterocycles. The molecule has 1 aromatic rings. The van der Waals surface area contributed by atoms with Gasteiger partial charge in [-0.05, 0) is 27.2 Å². The number of anilines is 1. The number of thioether (sulfide) groups is 1. The monoisotopic (exact) mass is 272 g/mol. The molecule has 1 atom stereocenters. The van der Waals surface area contributed by atoms with Crippen LogP contribution in [-0.2, 0) is 9.53 Å². The van der Waals surface area contributed by atoms with Gasteiger partial charge in [-0.15, -0.1) is 10.2 Å². The first-order valence-corrected chi connectivity index (χ1v) is 6.92. The van der Waals surface area contributed by atoms with Crippen molar-refractivity contribution in [3.05, 3.63) is 0 Å². The summed E-state index contributed by atoms with van der Waals surface area (Å²) in [4.78, 5) is 11.7. The standard InChI is InChI=1S/C11H20N4O2S/c1-5-8(9(16)17-6-2)18-11-14-13-10(12)15(11)7(3)4/h7-8H,5-6H2,1-4H3,(H2,12,13). The molecule has 102 valence electrons. The molecule has 0 fully saturated rings. The highest BCUT2D eigenvalue weighted by Crippen LogP contribution is 2.28. The summed E-state index contributed by atoms with van der Waals surface area (Å²) in [6.45, 7) is 8.11. The third kappa shape index (κ3) is 3.38. The Bertz CT molecular complexity index is 406. The third-order valence-electron chi connectivity index (χ3n) is 2.38. The second-order valence-corrected chi connectivity index (χ2v) is 5.24. The van der Waals surface area contributed by atoms with Crippen LogP contribution in [0.1, 0.15) is 40.2 Å². The number of carbonyl (C=O) groups is 1. The molecule has 1 unspecified atom stereocenters. The quantitative estimate of drug-likeness (QED) is 0.629. The minimum atomic E-state index is -0.272. The van der Waals surface area contributed by atoms with Crippen molar-refractivity contribution in [2.75, 3.05) is 12.3 Å². The van der Waals surface area contributed by atoms with Crippen LogP contribution < -0.4 is 5.73 Å². The maximum absolute atomic E-state index is 11.7. The van der Waals surface area contributed by atoms with Crippen molar-refractivity contribution in [3.63, 3.8) is 0 Å². The van der Waals surface area contributed by atoms with Crippen LogP contribution in [0.3, 0.4) is 0 Å². The molecule has 0 saturated carbocycles. The van der Waals surface area contributed by atoms with E-state index in [4.69, 9.17) is 10.5 Å². The van der Waals surface area contributed by atoms with Crippen LogP contribution >= 0.6 is 11.8 Å². The summed E-state index contributed by atoms with van der Waals surface area (Å²) in [7, 11) is 0. The van der Waals surface area contributed by atoms with E-state index in [1.165, 1.54) is 11.8 Å². The molecule has 0 radical (unpaired) electrons. The Balaban J connectivity index is 2.85.